The van der Waals surface area contributed by atoms with Gasteiger partial charge in [-0.15, -0.1) is 0 Å². The quantitative estimate of drug-likeness (QED) is 0.737. The first-order valence-corrected chi connectivity index (χ1v) is 10.7. The van der Waals surface area contributed by atoms with Gasteiger partial charge in [0.25, 0.3) is 0 Å². The number of hydrogen-bond donors (Lipinski definition) is 1. The van der Waals surface area contributed by atoms with Crippen molar-refractivity contribution < 1.29 is 9.53 Å². The van der Waals surface area contributed by atoms with E-state index in [4.69, 9.17) is 9.72 Å². The number of imidazole rings is 1. The zero-order valence-electron chi connectivity index (χ0n) is 16.7. The number of aromatic nitrogens is 3. The van der Waals surface area contributed by atoms with E-state index in [0.717, 1.165) is 68.8 Å². The molecule has 2 aromatic heterocycles. The molecule has 1 aromatic carbocycles. The van der Waals surface area contributed by atoms with Gasteiger partial charge in [-0.1, -0.05) is 12.1 Å². The van der Waals surface area contributed by atoms with Crippen molar-refractivity contribution in [3.8, 4) is 0 Å². The molecular formula is C23H28N4O2. The Kier molecular flexibility index (Phi) is 4.87. The van der Waals surface area contributed by atoms with E-state index in [0.29, 0.717) is 12.3 Å². The molecule has 2 fully saturated rings. The molecule has 2 aliphatic heterocycles. The van der Waals surface area contributed by atoms with Crippen LogP contribution in [-0.2, 0) is 15.1 Å². The van der Waals surface area contributed by atoms with Crippen LogP contribution < -0.4 is 0 Å². The lowest BCUT2D eigenvalue weighted by Gasteiger charge is -2.40. The summed E-state index contributed by atoms with van der Waals surface area (Å²) in [6.07, 6.45) is 8.45. The van der Waals surface area contributed by atoms with Crippen molar-refractivity contribution in [2.24, 2.45) is 0 Å². The molecule has 29 heavy (non-hydrogen) atoms. The third-order valence-electron chi connectivity index (χ3n) is 6.70. The molecule has 6 nitrogen and oxygen atoms in total. The number of carbonyl (C=O) groups is 1. The maximum absolute atomic E-state index is 13.2. The number of hydrogen-bond acceptors (Lipinski definition) is 3. The number of amides is 1. The molecule has 0 aliphatic carbocycles. The summed E-state index contributed by atoms with van der Waals surface area (Å²) in [4.78, 5) is 23.5. The summed E-state index contributed by atoms with van der Waals surface area (Å²) in [6, 6.07) is 12.2. The molecule has 5 rings (SSSR count). The number of benzene rings is 1. The van der Waals surface area contributed by atoms with Crippen LogP contribution in [-0.4, -0.2) is 51.6 Å². The number of nitrogens with zero attached hydrogens (tertiary/aromatic N) is 3. The molecule has 1 amide bonds. The Morgan fingerprint density at radius 3 is 2.55 bits per heavy atom. The van der Waals surface area contributed by atoms with Gasteiger partial charge in [-0.3, -0.25) is 4.79 Å². The van der Waals surface area contributed by atoms with Crippen LogP contribution in [0.1, 0.15) is 43.8 Å². The van der Waals surface area contributed by atoms with Gasteiger partial charge in [0.2, 0.25) is 5.91 Å². The summed E-state index contributed by atoms with van der Waals surface area (Å²) < 4.78 is 7.82. The topological polar surface area (TPSA) is 63.1 Å². The van der Waals surface area contributed by atoms with Gasteiger partial charge in [0.1, 0.15) is 5.82 Å². The van der Waals surface area contributed by atoms with Gasteiger partial charge < -0.3 is 19.2 Å². The van der Waals surface area contributed by atoms with Crippen molar-refractivity contribution in [3.05, 3.63) is 54.6 Å². The standard InChI is InChI=1S/C23H28N4O2/c28-21(17-23(9-15-29-16-10-23)27-11-3-4-12-27)26-13-7-18(8-14-26)22-24-19-5-1-2-6-20(19)25-22/h1-6,11-12,18H,7-10,13-17H2,(H,24,25). The average Bonchev–Trinajstić information content (AvgIpc) is 3.45. The second-order valence-electron chi connectivity index (χ2n) is 8.40. The zero-order chi connectivity index (χ0) is 19.7. The number of rotatable bonds is 4. The lowest BCUT2D eigenvalue weighted by atomic mass is 9.85. The van der Waals surface area contributed by atoms with Crippen molar-refractivity contribution in [2.45, 2.75) is 43.6 Å². The van der Waals surface area contributed by atoms with Gasteiger partial charge >= 0.3 is 0 Å². The Balaban J connectivity index is 1.25. The maximum atomic E-state index is 13.2. The van der Waals surface area contributed by atoms with Crippen molar-refractivity contribution in [3.63, 3.8) is 0 Å². The first kappa shape index (κ1) is 18.4. The fourth-order valence-corrected chi connectivity index (χ4v) is 4.89. The fourth-order valence-electron chi connectivity index (χ4n) is 4.89. The van der Waals surface area contributed by atoms with E-state index in [1.54, 1.807) is 0 Å². The summed E-state index contributed by atoms with van der Waals surface area (Å²) in [7, 11) is 0. The molecule has 0 spiro atoms. The molecule has 0 unspecified atom stereocenters. The van der Waals surface area contributed by atoms with Crippen molar-refractivity contribution in [2.75, 3.05) is 26.3 Å². The van der Waals surface area contributed by atoms with Crippen LogP contribution in [0.4, 0.5) is 0 Å². The average molecular weight is 393 g/mol. The van der Waals surface area contributed by atoms with E-state index >= 15 is 0 Å². The molecule has 0 atom stereocenters. The second kappa shape index (κ2) is 7.67. The largest absolute Gasteiger partial charge is 0.381 e. The molecule has 2 aliphatic rings. The number of carbonyl (C=O) groups excluding carboxylic acids is 1. The molecule has 0 saturated carbocycles. The van der Waals surface area contributed by atoms with Gasteiger partial charge in [0.05, 0.1) is 23.0 Å². The highest BCUT2D eigenvalue weighted by molar-refractivity contribution is 5.77. The Morgan fingerprint density at radius 1 is 1.10 bits per heavy atom. The van der Waals surface area contributed by atoms with Crippen molar-refractivity contribution >= 4 is 16.9 Å². The summed E-state index contributed by atoms with van der Waals surface area (Å²) in [5.74, 6) is 1.73. The Bertz CT molecular complexity index is 931. The minimum Gasteiger partial charge on any atom is -0.381 e. The molecule has 1 N–H and O–H groups in total. The Labute approximate surface area is 170 Å². The Hall–Kier alpha value is -2.60. The number of piperidine rings is 1. The Morgan fingerprint density at radius 2 is 1.83 bits per heavy atom. The second-order valence-corrected chi connectivity index (χ2v) is 8.40. The molecule has 2 saturated heterocycles. The molecule has 0 bridgehead atoms. The van der Waals surface area contributed by atoms with Gasteiger partial charge in [-0.25, -0.2) is 4.98 Å². The van der Waals surface area contributed by atoms with Gasteiger partial charge in [-0.2, -0.15) is 0 Å². The number of ether oxygens (including phenoxy) is 1. The SMILES string of the molecule is O=C(CC1(n2cccc2)CCOCC1)N1CCC(c2nc3ccccc3[nH]2)CC1. The van der Waals surface area contributed by atoms with Gasteiger partial charge in [0.15, 0.2) is 0 Å². The van der Waals surface area contributed by atoms with Crippen LogP contribution in [0.2, 0.25) is 0 Å². The third-order valence-corrected chi connectivity index (χ3v) is 6.70. The molecule has 3 aromatic rings. The number of aromatic amines is 1. The van der Waals surface area contributed by atoms with E-state index in [2.05, 4.69) is 32.9 Å². The number of para-hydroxylation sites is 2. The van der Waals surface area contributed by atoms with Crippen molar-refractivity contribution in [1.29, 1.82) is 0 Å². The van der Waals surface area contributed by atoms with Crippen LogP contribution in [0.5, 0.6) is 0 Å². The molecule has 152 valence electrons. The number of likely N-dealkylation sites (tertiary alicyclic amines) is 1. The minimum atomic E-state index is -0.144. The van der Waals surface area contributed by atoms with Crippen LogP contribution in [0.3, 0.4) is 0 Å². The normalized spacial score (nSPS) is 20.2. The molecule has 6 heteroatoms. The van der Waals surface area contributed by atoms with E-state index < -0.39 is 0 Å². The van der Waals surface area contributed by atoms with Crippen LogP contribution in [0, 0.1) is 0 Å². The number of nitrogens with one attached hydrogen (secondary N) is 1. The highest BCUT2D eigenvalue weighted by atomic mass is 16.5. The summed E-state index contributed by atoms with van der Waals surface area (Å²) in [5.41, 5.74) is 1.97. The zero-order valence-corrected chi connectivity index (χ0v) is 16.7. The van der Waals surface area contributed by atoms with Gasteiger partial charge in [-0.05, 0) is 49.9 Å². The smallest absolute Gasteiger partial charge is 0.224 e. The lowest BCUT2D eigenvalue weighted by Crippen LogP contribution is -2.46. The summed E-state index contributed by atoms with van der Waals surface area (Å²) >= 11 is 0. The summed E-state index contributed by atoms with van der Waals surface area (Å²) in [5, 5.41) is 0. The number of H-pyrrole nitrogens is 1. The first-order valence-electron chi connectivity index (χ1n) is 10.7. The van der Waals surface area contributed by atoms with E-state index in [-0.39, 0.29) is 11.4 Å². The third kappa shape index (κ3) is 3.57. The first-order chi connectivity index (χ1) is 14.2. The van der Waals surface area contributed by atoms with Crippen LogP contribution in [0.25, 0.3) is 11.0 Å². The maximum Gasteiger partial charge on any atom is 0.224 e. The van der Waals surface area contributed by atoms with E-state index in [1.807, 2.05) is 30.3 Å². The summed E-state index contributed by atoms with van der Waals surface area (Å²) in [6.45, 7) is 3.05. The van der Waals surface area contributed by atoms with Crippen LogP contribution in [0.15, 0.2) is 48.8 Å². The highest BCUT2D eigenvalue weighted by Crippen LogP contribution is 2.35. The lowest BCUT2D eigenvalue weighted by molar-refractivity contribution is -0.136. The molecule has 0 radical (unpaired) electrons. The minimum absolute atomic E-state index is 0.144. The monoisotopic (exact) mass is 392 g/mol. The predicted octanol–water partition coefficient (Wildman–Crippen LogP) is 3.67. The fraction of sp³-hybridized carbons (Fsp3) is 0.478. The number of fused-ring (bicyclic) bond motifs is 1. The van der Waals surface area contributed by atoms with E-state index in [1.165, 1.54) is 0 Å². The molecular weight excluding hydrogens is 364 g/mol. The van der Waals surface area contributed by atoms with Gasteiger partial charge in [0, 0.05) is 44.6 Å². The van der Waals surface area contributed by atoms with Crippen molar-refractivity contribution in [1.82, 2.24) is 19.4 Å². The molecule has 4 heterocycles. The predicted molar refractivity (Wildman–Crippen MR) is 112 cm³/mol. The highest BCUT2D eigenvalue weighted by Gasteiger charge is 2.38. The van der Waals surface area contributed by atoms with E-state index in [9.17, 15) is 4.79 Å². The van der Waals surface area contributed by atoms with Crippen LogP contribution >= 0.6 is 0 Å².